The Morgan fingerprint density at radius 2 is 1.93 bits per heavy atom. The number of nitrogens with zero attached hydrogens (tertiary/aromatic N) is 3. The topological polar surface area (TPSA) is 48.5 Å². The third kappa shape index (κ3) is 6.04. The molecule has 0 radical (unpaired) electrons. The van der Waals surface area contributed by atoms with Gasteiger partial charge in [-0.1, -0.05) is 38.1 Å². The fourth-order valence-corrected chi connectivity index (χ4v) is 4.19. The fourth-order valence-electron chi connectivity index (χ4n) is 3.45. The number of hydrogen-bond acceptors (Lipinski definition) is 4. The summed E-state index contributed by atoms with van der Waals surface area (Å²) in [7, 11) is 1.81. The molecule has 152 valence electrons. The van der Waals surface area contributed by atoms with Crippen molar-refractivity contribution in [3.05, 3.63) is 51.5 Å². The number of carbonyl (C=O) groups is 1. The van der Waals surface area contributed by atoms with E-state index in [1.807, 2.05) is 12.4 Å². The number of likely N-dealkylation sites (tertiary alicyclic amines) is 1. The van der Waals surface area contributed by atoms with Gasteiger partial charge in [0, 0.05) is 25.5 Å². The van der Waals surface area contributed by atoms with Crippen LogP contribution in [-0.4, -0.2) is 41.0 Å². The first-order valence-corrected chi connectivity index (χ1v) is 11.1. The normalized spacial score (nSPS) is 15.5. The van der Waals surface area contributed by atoms with Gasteiger partial charge in [-0.2, -0.15) is 0 Å². The van der Waals surface area contributed by atoms with Crippen molar-refractivity contribution in [1.82, 2.24) is 20.1 Å². The number of amides is 2. The van der Waals surface area contributed by atoms with Crippen LogP contribution in [0.15, 0.2) is 29.6 Å². The molecule has 0 aliphatic carbocycles. The molecule has 1 aromatic carbocycles. The summed E-state index contributed by atoms with van der Waals surface area (Å²) in [5, 5.41) is 6.14. The maximum absolute atomic E-state index is 12.3. The molecule has 1 fully saturated rings. The Kier molecular flexibility index (Phi) is 7.45. The van der Waals surface area contributed by atoms with Crippen LogP contribution in [0, 0.1) is 5.92 Å². The Bertz CT molecular complexity index is 750. The Labute approximate surface area is 172 Å². The lowest BCUT2D eigenvalue weighted by molar-refractivity contribution is 0.185. The van der Waals surface area contributed by atoms with Gasteiger partial charge in [0.05, 0.1) is 17.2 Å². The van der Waals surface area contributed by atoms with Crippen LogP contribution >= 0.6 is 11.3 Å². The minimum Gasteiger partial charge on any atom is -0.334 e. The van der Waals surface area contributed by atoms with Crippen molar-refractivity contribution in [3.63, 3.8) is 0 Å². The predicted octanol–water partition coefficient (Wildman–Crippen LogP) is 4.28. The SMILES string of the molecule is CCc1nc(CN(C)C(=O)NCc2ccc(CN3CCC(C)CC3)cc2)cs1. The molecule has 1 aromatic heterocycles. The smallest absolute Gasteiger partial charge is 0.317 e. The van der Waals surface area contributed by atoms with Crippen molar-refractivity contribution in [2.45, 2.75) is 52.7 Å². The molecule has 28 heavy (non-hydrogen) atoms. The van der Waals surface area contributed by atoms with E-state index in [1.54, 1.807) is 16.2 Å². The second-order valence-electron chi connectivity index (χ2n) is 7.88. The summed E-state index contributed by atoms with van der Waals surface area (Å²) in [6.07, 6.45) is 3.55. The van der Waals surface area contributed by atoms with Crippen LogP contribution in [-0.2, 0) is 26.1 Å². The summed E-state index contributed by atoms with van der Waals surface area (Å²) in [6, 6.07) is 8.54. The number of hydrogen-bond donors (Lipinski definition) is 1. The zero-order chi connectivity index (χ0) is 19.9. The number of urea groups is 1. The molecule has 0 spiro atoms. The van der Waals surface area contributed by atoms with Gasteiger partial charge in [0.25, 0.3) is 0 Å². The van der Waals surface area contributed by atoms with Crippen molar-refractivity contribution in [2.75, 3.05) is 20.1 Å². The number of aryl methyl sites for hydroxylation is 1. The van der Waals surface area contributed by atoms with Gasteiger partial charge in [0.2, 0.25) is 0 Å². The molecular formula is C22H32N4OS. The molecule has 0 unspecified atom stereocenters. The molecule has 6 heteroatoms. The Morgan fingerprint density at radius 3 is 2.57 bits per heavy atom. The van der Waals surface area contributed by atoms with E-state index >= 15 is 0 Å². The average molecular weight is 401 g/mol. The number of aromatic nitrogens is 1. The van der Waals surface area contributed by atoms with Gasteiger partial charge in [0.1, 0.15) is 0 Å². The average Bonchev–Trinajstić information content (AvgIpc) is 3.16. The van der Waals surface area contributed by atoms with Gasteiger partial charge in [-0.3, -0.25) is 4.90 Å². The lowest BCUT2D eigenvalue weighted by atomic mass is 9.99. The number of nitrogens with one attached hydrogen (secondary N) is 1. The summed E-state index contributed by atoms with van der Waals surface area (Å²) in [4.78, 5) is 21.1. The minimum atomic E-state index is -0.0717. The molecule has 1 N–H and O–H groups in total. The lowest BCUT2D eigenvalue weighted by Gasteiger charge is -2.30. The van der Waals surface area contributed by atoms with Gasteiger partial charge in [-0.25, -0.2) is 9.78 Å². The van der Waals surface area contributed by atoms with Crippen LogP contribution < -0.4 is 5.32 Å². The van der Waals surface area contributed by atoms with Gasteiger partial charge in [0.15, 0.2) is 0 Å². The summed E-state index contributed by atoms with van der Waals surface area (Å²) >= 11 is 1.65. The largest absolute Gasteiger partial charge is 0.334 e. The highest BCUT2D eigenvalue weighted by Gasteiger charge is 2.15. The predicted molar refractivity (Wildman–Crippen MR) is 115 cm³/mol. The molecule has 0 bridgehead atoms. The number of piperidine rings is 1. The minimum absolute atomic E-state index is 0.0717. The Balaban J connectivity index is 1.42. The highest BCUT2D eigenvalue weighted by atomic mass is 32.1. The molecule has 1 aliphatic heterocycles. The first-order chi connectivity index (χ1) is 13.5. The van der Waals surface area contributed by atoms with E-state index < -0.39 is 0 Å². The van der Waals surface area contributed by atoms with Crippen LogP contribution in [0.25, 0.3) is 0 Å². The zero-order valence-corrected chi connectivity index (χ0v) is 18.1. The lowest BCUT2D eigenvalue weighted by Crippen LogP contribution is -2.36. The highest BCUT2D eigenvalue weighted by Crippen LogP contribution is 2.18. The van der Waals surface area contributed by atoms with Gasteiger partial charge < -0.3 is 10.2 Å². The first-order valence-electron chi connectivity index (χ1n) is 10.3. The number of thiazole rings is 1. The fraction of sp³-hybridized carbons (Fsp3) is 0.545. The first kappa shape index (κ1) is 20.8. The van der Waals surface area contributed by atoms with Crippen LogP contribution in [0.3, 0.4) is 0 Å². The zero-order valence-electron chi connectivity index (χ0n) is 17.3. The summed E-state index contributed by atoms with van der Waals surface area (Å²) < 4.78 is 0. The van der Waals surface area contributed by atoms with Gasteiger partial charge >= 0.3 is 6.03 Å². The molecule has 0 saturated carbocycles. The number of rotatable bonds is 7. The maximum atomic E-state index is 12.3. The molecule has 1 aliphatic rings. The van der Waals surface area contributed by atoms with E-state index in [0.717, 1.165) is 35.1 Å². The van der Waals surface area contributed by atoms with E-state index in [9.17, 15) is 4.79 Å². The monoisotopic (exact) mass is 400 g/mol. The van der Waals surface area contributed by atoms with E-state index in [2.05, 4.69) is 53.3 Å². The van der Waals surface area contributed by atoms with Crippen molar-refractivity contribution in [1.29, 1.82) is 0 Å². The van der Waals surface area contributed by atoms with Gasteiger partial charge in [-0.15, -0.1) is 11.3 Å². The van der Waals surface area contributed by atoms with Crippen molar-refractivity contribution in [2.24, 2.45) is 5.92 Å². The third-order valence-corrected chi connectivity index (χ3v) is 6.44. The standard InChI is InChI=1S/C22H32N4OS/c1-4-21-24-20(16-28-21)15-25(3)22(27)23-13-18-5-7-19(8-6-18)14-26-11-9-17(2)10-12-26/h5-8,16-17H,4,9-15H2,1-3H3,(H,23,27). The van der Waals surface area contributed by atoms with E-state index in [-0.39, 0.29) is 6.03 Å². The quantitative estimate of drug-likeness (QED) is 0.755. The summed E-state index contributed by atoms with van der Waals surface area (Å²) in [5.41, 5.74) is 3.42. The van der Waals surface area contributed by atoms with E-state index in [0.29, 0.717) is 13.1 Å². The number of benzene rings is 1. The molecule has 2 heterocycles. The van der Waals surface area contributed by atoms with Crippen LogP contribution in [0.1, 0.15) is 48.5 Å². The van der Waals surface area contributed by atoms with Crippen LogP contribution in [0.5, 0.6) is 0 Å². The molecule has 2 aromatic rings. The van der Waals surface area contributed by atoms with Crippen molar-refractivity contribution < 1.29 is 4.79 Å². The van der Waals surface area contributed by atoms with Crippen LogP contribution in [0.2, 0.25) is 0 Å². The Hall–Kier alpha value is -1.92. The Morgan fingerprint density at radius 1 is 1.25 bits per heavy atom. The van der Waals surface area contributed by atoms with Gasteiger partial charge in [-0.05, 0) is 49.4 Å². The molecule has 3 rings (SSSR count). The number of carbonyl (C=O) groups excluding carboxylic acids is 1. The molecule has 2 amide bonds. The third-order valence-electron chi connectivity index (χ3n) is 5.40. The van der Waals surface area contributed by atoms with E-state index in [4.69, 9.17) is 0 Å². The summed E-state index contributed by atoms with van der Waals surface area (Å²) in [6.45, 7) is 8.94. The molecule has 5 nitrogen and oxygen atoms in total. The highest BCUT2D eigenvalue weighted by molar-refractivity contribution is 7.09. The maximum Gasteiger partial charge on any atom is 0.317 e. The second kappa shape index (κ2) is 10.0. The summed E-state index contributed by atoms with van der Waals surface area (Å²) in [5.74, 6) is 0.865. The van der Waals surface area contributed by atoms with E-state index in [1.165, 1.54) is 31.5 Å². The van der Waals surface area contributed by atoms with Crippen molar-refractivity contribution in [3.8, 4) is 0 Å². The molecular weight excluding hydrogens is 368 g/mol. The van der Waals surface area contributed by atoms with Crippen LogP contribution in [0.4, 0.5) is 4.79 Å². The molecule has 0 atom stereocenters. The molecule has 1 saturated heterocycles. The second-order valence-corrected chi connectivity index (χ2v) is 8.82. The van der Waals surface area contributed by atoms with Crippen molar-refractivity contribution >= 4 is 17.4 Å².